The highest BCUT2D eigenvalue weighted by Gasteiger charge is 2.29. The maximum atomic E-state index is 12.9. The van der Waals surface area contributed by atoms with E-state index in [-0.39, 0.29) is 17.7 Å². The molecule has 1 aliphatic carbocycles. The monoisotopic (exact) mass is 421 g/mol. The van der Waals surface area contributed by atoms with Gasteiger partial charge in [0.15, 0.2) is 0 Å². The van der Waals surface area contributed by atoms with Gasteiger partial charge in [-0.25, -0.2) is 8.42 Å². The highest BCUT2D eigenvalue weighted by molar-refractivity contribution is 7.92. The molecule has 1 aromatic rings. The van der Waals surface area contributed by atoms with E-state index in [1.165, 1.54) is 38.2 Å². The third-order valence-electron chi connectivity index (χ3n) is 5.78. The average molecular weight is 422 g/mol. The van der Waals surface area contributed by atoms with Crippen LogP contribution >= 0.6 is 0 Å². The molecule has 1 saturated carbocycles. The molecule has 0 radical (unpaired) electrons. The zero-order chi connectivity index (χ0) is 20.9. The molecule has 1 saturated heterocycles. The molecule has 160 valence electrons. The fourth-order valence-electron chi connectivity index (χ4n) is 4.27. The number of carbonyl (C=O) groups is 2. The fourth-order valence-corrected chi connectivity index (χ4v) is 4.82. The zero-order valence-electron chi connectivity index (χ0n) is 17.0. The van der Waals surface area contributed by atoms with Crippen LogP contribution in [0.2, 0.25) is 0 Å². The lowest BCUT2D eigenvalue weighted by Gasteiger charge is -2.32. The second-order valence-electron chi connectivity index (χ2n) is 8.29. The Bertz CT molecular complexity index is 834. The normalized spacial score (nSPS) is 20.9. The van der Waals surface area contributed by atoms with Gasteiger partial charge in [0.25, 0.3) is 5.91 Å². The number of likely N-dealkylation sites (tertiary alicyclic amines) is 1. The predicted molar refractivity (Wildman–Crippen MR) is 113 cm³/mol. The van der Waals surface area contributed by atoms with Crippen molar-refractivity contribution in [2.24, 2.45) is 11.8 Å². The highest BCUT2D eigenvalue weighted by atomic mass is 32.2. The van der Waals surface area contributed by atoms with E-state index < -0.39 is 10.0 Å². The van der Waals surface area contributed by atoms with Crippen LogP contribution < -0.4 is 10.0 Å². The molecule has 2 amide bonds. The molecule has 1 aliphatic heterocycles. The minimum atomic E-state index is -3.41. The first kappa shape index (κ1) is 21.6. The lowest BCUT2D eigenvalue weighted by molar-refractivity contribution is -0.126. The van der Waals surface area contributed by atoms with Crippen LogP contribution in [-0.2, 0) is 14.8 Å². The number of rotatable bonds is 6. The smallest absolute Gasteiger partial charge is 0.253 e. The summed E-state index contributed by atoms with van der Waals surface area (Å²) in [6.07, 6.45) is 8.82. The molecule has 29 heavy (non-hydrogen) atoms. The number of sulfonamides is 1. The average Bonchev–Trinajstić information content (AvgIpc) is 2.71. The topological polar surface area (TPSA) is 95.6 Å². The van der Waals surface area contributed by atoms with Gasteiger partial charge in [-0.2, -0.15) is 0 Å². The van der Waals surface area contributed by atoms with Crippen molar-refractivity contribution in [2.75, 3.05) is 30.6 Å². The summed E-state index contributed by atoms with van der Waals surface area (Å²) in [6.45, 7) is 1.75. The van der Waals surface area contributed by atoms with Gasteiger partial charge < -0.3 is 10.2 Å². The first-order valence-electron chi connectivity index (χ1n) is 10.5. The van der Waals surface area contributed by atoms with Crippen molar-refractivity contribution in [2.45, 2.75) is 44.9 Å². The minimum Gasteiger partial charge on any atom is -0.356 e. The fraction of sp³-hybridized carbons (Fsp3) is 0.619. The molecule has 0 spiro atoms. The summed E-state index contributed by atoms with van der Waals surface area (Å²) < 4.78 is 25.2. The van der Waals surface area contributed by atoms with Crippen LogP contribution in [0.15, 0.2) is 24.3 Å². The number of benzene rings is 1. The predicted octanol–water partition coefficient (Wildman–Crippen LogP) is 2.61. The van der Waals surface area contributed by atoms with Gasteiger partial charge in [0.1, 0.15) is 0 Å². The molecule has 0 aromatic heterocycles. The molecule has 1 atom stereocenters. The van der Waals surface area contributed by atoms with Crippen LogP contribution in [0.25, 0.3) is 0 Å². The van der Waals surface area contributed by atoms with Gasteiger partial charge in [-0.05, 0) is 49.8 Å². The number of hydrogen-bond donors (Lipinski definition) is 2. The lowest BCUT2D eigenvalue weighted by atomic mass is 9.89. The van der Waals surface area contributed by atoms with Crippen LogP contribution in [0.5, 0.6) is 0 Å². The van der Waals surface area contributed by atoms with Crippen molar-refractivity contribution >= 4 is 27.5 Å². The molecule has 7 nitrogen and oxygen atoms in total. The molecule has 0 bridgehead atoms. The number of amides is 2. The van der Waals surface area contributed by atoms with Gasteiger partial charge in [-0.15, -0.1) is 0 Å². The Hall–Kier alpha value is -2.09. The van der Waals surface area contributed by atoms with E-state index in [9.17, 15) is 18.0 Å². The van der Waals surface area contributed by atoms with E-state index in [2.05, 4.69) is 10.0 Å². The van der Waals surface area contributed by atoms with Gasteiger partial charge in [-0.3, -0.25) is 14.3 Å². The number of piperidine rings is 1. The molecule has 8 heteroatoms. The minimum absolute atomic E-state index is 0.0422. The Morgan fingerprint density at radius 1 is 1.10 bits per heavy atom. The largest absolute Gasteiger partial charge is 0.356 e. The second kappa shape index (κ2) is 9.61. The van der Waals surface area contributed by atoms with Crippen molar-refractivity contribution in [1.82, 2.24) is 10.2 Å². The van der Waals surface area contributed by atoms with Gasteiger partial charge in [-0.1, -0.05) is 25.3 Å². The third-order valence-corrected chi connectivity index (χ3v) is 6.39. The van der Waals surface area contributed by atoms with E-state index in [1.807, 2.05) is 0 Å². The van der Waals surface area contributed by atoms with E-state index in [1.54, 1.807) is 23.1 Å². The van der Waals surface area contributed by atoms with Crippen LogP contribution in [0.1, 0.15) is 55.3 Å². The van der Waals surface area contributed by atoms with Gasteiger partial charge >= 0.3 is 0 Å². The number of nitrogens with one attached hydrogen (secondary N) is 2. The number of anilines is 1. The maximum absolute atomic E-state index is 12.9. The van der Waals surface area contributed by atoms with Crippen LogP contribution in [0, 0.1) is 11.8 Å². The van der Waals surface area contributed by atoms with Crippen LogP contribution in [-0.4, -0.2) is 51.0 Å². The first-order valence-corrected chi connectivity index (χ1v) is 12.4. The third kappa shape index (κ3) is 6.45. The Balaban J connectivity index is 1.57. The first-order chi connectivity index (χ1) is 13.8. The summed E-state index contributed by atoms with van der Waals surface area (Å²) in [7, 11) is -3.41. The Morgan fingerprint density at radius 3 is 2.59 bits per heavy atom. The summed E-state index contributed by atoms with van der Waals surface area (Å²) in [5, 5.41) is 3.10. The second-order valence-corrected chi connectivity index (χ2v) is 10.0. The molecule has 1 unspecified atom stereocenters. The summed E-state index contributed by atoms with van der Waals surface area (Å²) in [6, 6.07) is 6.47. The highest BCUT2D eigenvalue weighted by Crippen LogP contribution is 2.24. The van der Waals surface area contributed by atoms with Crippen molar-refractivity contribution < 1.29 is 18.0 Å². The maximum Gasteiger partial charge on any atom is 0.253 e. The van der Waals surface area contributed by atoms with E-state index in [4.69, 9.17) is 0 Å². The standard InChI is InChI=1S/C21H31N3O4S/c1-29(27,28)23-19-11-5-9-17(13-19)21(26)24-12-6-10-18(15-24)20(25)22-14-16-7-3-2-4-8-16/h5,9,11,13,16,18,23H,2-4,6-8,10,12,14-15H2,1H3,(H,22,25). The molecule has 1 aromatic carbocycles. The molecular weight excluding hydrogens is 390 g/mol. The number of carbonyl (C=O) groups excluding carboxylic acids is 2. The molecule has 2 fully saturated rings. The summed E-state index contributed by atoms with van der Waals surface area (Å²) in [4.78, 5) is 27.2. The SMILES string of the molecule is CS(=O)(=O)Nc1cccc(C(=O)N2CCCC(C(=O)NCC3CCCCC3)C2)c1. The Morgan fingerprint density at radius 2 is 1.86 bits per heavy atom. The molecular formula is C21H31N3O4S. The van der Waals surface area contributed by atoms with Crippen molar-refractivity contribution in [3.63, 3.8) is 0 Å². The number of nitrogens with zero attached hydrogens (tertiary/aromatic N) is 1. The van der Waals surface area contributed by atoms with Gasteiger partial charge in [0.2, 0.25) is 15.9 Å². The lowest BCUT2D eigenvalue weighted by Crippen LogP contribution is -2.46. The zero-order valence-corrected chi connectivity index (χ0v) is 17.8. The van der Waals surface area contributed by atoms with Gasteiger partial charge in [0, 0.05) is 30.9 Å². The molecule has 2 N–H and O–H groups in total. The Labute approximate surface area is 173 Å². The van der Waals surface area contributed by atoms with Crippen molar-refractivity contribution in [3.8, 4) is 0 Å². The quantitative estimate of drug-likeness (QED) is 0.738. The Kier molecular flexibility index (Phi) is 7.16. The van der Waals surface area contributed by atoms with Crippen molar-refractivity contribution in [3.05, 3.63) is 29.8 Å². The molecule has 3 rings (SSSR count). The number of hydrogen-bond acceptors (Lipinski definition) is 4. The van der Waals surface area contributed by atoms with E-state index in [0.29, 0.717) is 30.3 Å². The summed E-state index contributed by atoms with van der Waals surface area (Å²) in [5.41, 5.74) is 0.777. The van der Waals surface area contributed by atoms with Crippen LogP contribution in [0.3, 0.4) is 0 Å². The summed E-state index contributed by atoms with van der Waals surface area (Å²) in [5.74, 6) is 0.264. The van der Waals surface area contributed by atoms with E-state index >= 15 is 0 Å². The van der Waals surface area contributed by atoms with Crippen molar-refractivity contribution in [1.29, 1.82) is 0 Å². The van der Waals surface area contributed by atoms with Gasteiger partial charge in [0.05, 0.1) is 12.2 Å². The summed E-state index contributed by atoms with van der Waals surface area (Å²) >= 11 is 0. The molecule has 1 heterocycles. The van der Waals surface area contributed by atoms with Crippen LogP contribution in [0.4, 0.5) is 5.69 Å². The van der Waals surface area contributed by atoms with E-state index in [0.717, 1.165) is 25.6 Å². The molecule has 2 aliphatic rings.